The Morgan fingerprint density at radius 2 is 1.24 bits per heavy atom. The number of fused-ring (bicyclic) bond motifs is 1. The first-order valence-electron chi connectivity index (χ1n) is 25.7. The summed E-state index contributed by atoms with van der Waals surface area (Å²) in [5.74, 6) is 0.649. The van der Waals surface area contributed by atoms with Crippen molar-refractivity contribution in [3.05, 3.63) is 181 Å². The third-order valence-corrected chi connectivity index (χ3v) is 26.1. The largest absolute Gasteiger partial charge is 0.508 e. The molecule has 0 bridgehead atoms. The molecule has 1 N–H and O–H groups in total. The average Bonchev–Trinajstić information content (AvgIpc) is 3.69. The summed E-state index contributed by atoms with van der Waals surface area (Å²) in [5.41, 5.74) is 3.58. The molecule has 0 saturated heterocycles. The second kappa shape index (κ2) is 21.5. The van der Waals surface area contributed by atoms with Crippen LogP contribution in [0.3, 0.4) is 0 Å². The summed E-state index contributed by atoms with van der Waals surface area (Å²) in [6.45, 7) is 31.4. The maximum Gasteiger partial charge on any atom is 0.508 e. The van der Waals surface area contributed by atoms with Gasteiger partial charge in [0.2, 0.25) is 0 Å². The molecule has 372 valence electrons. The number of hydrogen-bond acceptors (Lipinski definition) is 6. The number of ether oxygens (including phenoxy) is 2. The van der Waals surface area contributed by atoms with E-state index in [1.165, 1.54) is 31.9 Å². The van der Waals surface area contributed by atoms with Crippen LogP contribution in [0.15, 0.2) is 181 Å². The quantitative estimate of drug-likeness (QED) is 0.0727. The van der Waals surface area contributed by atoms with E-state index in [1.807, 2.05) is 6.08 Å². The van der Waals surface area contributed by atoms with Crippen molar-refractivity contribution >= 4 is 43.5 Å². The minimum absolute atomic E-state index is 0.0132. The first-order chi connectivity index (χ1) is 33.2. The maximum absolute atomic E-state index is 12.1. The summed E-state index contributed by atoms with van der Waals surface area (Å²) >= 11 is 0. The van der Waals surface area contributed by atoms with Gasteiger partial charge in [-0.05, 0) is 119 Å². The minimum Gasteiger partial charge on any atom is -0.435 e. The Morgan fingerprint density at radius 3 is 1.71 bits per heavy atom. The summed E-state index contributed by atoms with van der Waals surface area (Å²) < 4.78 is 26.5. The fraction of sp³-hybridized carbons (Fsp3) is 0.435. The van der Waals surface area contributed by atoms with E-state index in [1.54, 1.807) is 26.8 Å². The van der Waals surface area contributed by atoms with E-state index in [-0.39, 0.29) is 40.2 Å². The molecule has 0 radical (unpaired) electrons. The Labute approximate surface area is 422 Å². The SMILES string of the molecule is C=C1/C(=C\C=C2/CCC[C@]3(C)[C@@H](C(=C)/C=C/[C@@H](O)C(C)(C)OC(=O)OCC)CC[C@@H]23)C[C@@H](O[Si](c2ccccc2)(c2ccccc2)C(C)(C)C)C[C@@H]1O[Si](c1ccccc1)(c1ccccc1)C(C)(C)C. The Bertz CT molecular complexity index is 2440. The van der Waals surface area contributed by atoms with Crippen LogP contribution in [0, 0.1) is 17.3 Å². The number of benzene rings is 4. The molecule has 3 aliphatic rings. The van der Waals surface area contributed by atoms with Gasteiger partial charge >= 0.3 is 6.16 Å². The van der Waals surface area contributed by atoms with Gasteiger partial charge in [-0.1, -0.05) is 218 Å². The van der Waals surface area contributed by atoms with Crippen molar-refractivity contribution in [3.8, 4) is 0 Å². The fourth-order valence-electron chi connectivity index (χ4n) is 12.3. The Morgan fingerprint density at radius 1 is 0.757 bits per heavy atom. The molecule has 0 amide bonds. The Hall–Kier alpha value is -4.84. The van der Waals surface area contributed by atoms with Crippen LogP contribution < -0.4 is 20.7 Å². The molecule has 3 aliphatic carbocycles. The number of carbonyl (C=O) groups excluding carboxylic acids is 1. The van der Waals surface area contributed by atoms with Gasteiger partial charge in [0.05, 0.1) is 18.8 Å². The highest BCUT2D eigenvalue weighted by Crippen LogP contribution is 2.59. The van der Waals surface area contributed by atoms with Crippen LogP contribution in [0.25, 0.3) is 0 Å². The lowest BCUT2D eigenvalue weighted by Gasteiger charge is -2.49. The Kier molecular flexibility index (Phi) is 16.3. The van der Waals surface area contributed by atoms with Crippen molar-refractivity contribution in [2.45, 2.75) is 148 Å². The van der Waals surface area contributed by atoms with Gasteiger partial charge in [0.1, 0.15) is 11.7 Å². The van der Waals surface area contributed by atoms with E-state index in [4.69, 9.17) is 24.9 Å². The molecular weight excluding hydrogens is 897 g/mol. The van der Waals surface area contributed by atoms with E-state index in [9.17, 15) is 9.90 Å². The number of allylic oxidation sites excluding steroid dienone is 5. The highest BCUT2D eigenvalue weighted by atomic mass is 28.4. The van der Waals surface area contributed by atoms with Crippen molar-refractivity contribution in [1.29, 1.82) is 0 Å². The van der Waals surface area contributed by atoms with Crippen LogP contribution in [0.5, 0.6) is 0 Å². The molecular formula is C62H80O6Si2. The fourth-order valence-corrected chi connectivity index (χ4v) is 21.7. The van der Waals surface area contributed by atoms with Gasteiger partial charge < -0.3 is 23.4 Å². The number of aliphatic hydroxyl groups is 1. The van der Waals surface area contributed by atoms with Crippen molar-refractivity contribution < 1.29 is 28.2 Å². The summed E-state index contributed by atoms with van der Waals surface area (Å²) in [5, 5.41) is 15.7. The molecule has 0 aliphatic heterocycles. The predicted octanol–water partition coefficient (Wildman–Crippen LogP) is 12.7. The zero-order valence-corrected chi connectivity index (χ0v) is 45.8. The molecule has 8 heteroatoms. The zero-order valence-electron chi connectivity index (χ0n) is 43.8. The molecule has 0 unspecified atom stereocenters. The first-order valence-corrected chi connectivity index (χ1v) is 29.6. The molecule has 0 aromatic heterocycles. The zero-order chi connectivity index (χ0) is 50.5. The lowest BCUT2D eigenvalue weighted by atomic mass is 9.62. The summed E-state index contributed by atoms with van der Waals surface area (Å²) in [6.07, 6.45) is 13.0. The van der Waals surface area contributed by atoms with E-state index in [0.29, 0.717) is 12.3 Å². The standard InChI is InChI=1S/C62H80O6Si2/c1-13-65-58(64)66-61(10,11)57(63)41-36-45(2)54-39-40-55-47(27-26-42-62(54,55)12)37-38-48-43-49(67-69(59(4,5)6,50-28-18-14-19-29-50)51-30-20-15-21-31-51)44-56(46(48)3)68-70(60(7,8)9,52-32-22-16-23-33-52)53-34-24-17-25-35-53/h14-25,28-38,41,49,54-57,63H,2-3,13,26-27,39-40,42-44H2,1,4-12H3/b41-36+,47-37+,48-38-/t49-,54-,55+,56+,57-,62-/m1/s1. The molecule has 0 heterocycles. The number of hydrogen-bond donors (Lipinski definition) is 1. The molecule has 6 atom stereocenters. The van der Waals surface area contributed by atoms with Crippen molar-refractivity contribution in [2.24, 2.45) is 17.3 Å². The van der Waals surface area contributed by atoms with E-state index >= 15 is 0 Å². The summed E-state index contributed by atoms with van der Waals surface area (Å²) in [4.78, 5) is 12.1. The summed E-state index contributed by atoms with van der Waals surface area (Å²) in [7, 11) is -5.95. The highest BCUT2D eigenvalue weighted by Gasteiger charge is 2.55. The molecule has 4 aromatic carbocycles. The van der Waals surface area contributed by atoms with E-state index in [2.05, 4.69) is 189 Å². The van der Waals surface area contributed by atoms with Crippen LogP contribution in [-0.2, 0) is 18.3 Å². The van der Waals surface area contributed by atoms with Gasteiger partial charge in [0.25, 0.3) is 16.6 Å². The highest BCUT2D eigenvalue weighted by molar-refractivity contribution is 7.00. The molecule has 6 nitrogen and oxygen atoms in total. The number of rotatable bonds is 15. The van der Waals surface area contributed by atoms with Crippen LogP contribution >= 0.6 is 0 Å². The molecule has 0 spiro atoms. The van der Waals surface area contributed by atoms with Gasteiger partial charge in [-0.3, -0.25) is 0 Å². The first kappa shape index (κ1) is 53.0. The minimum atomic E-state index is -3.00. The van der Waals surface area contributed by atoms with E-state index in [0.717, 1.165) is 49.7 Å². The van der Waals surface area contributed by atoms with E-state index < -0.39 is 34.5 Å². The molecule has 7 rings (SSSR count). The summed E-state index contributed by atoms with van der Waals surface area (Å²) in [6, 6.07) is 43.9. The predicted molar refractivity (Wildman–Crippen MR) is 294 cm³/mol. The molecule has 4 aromatic rings. The molecule has 70 heavy (non-hydrogen) atoms. The maximum atomic E-state index is 12.1. The van der Waals surface area contributed by atoms with Gasteiger partial charge in [-0.25, -0.2) is 4.79 Å². The average molecular weight is 977 g/mol. The van der Waals surface area contributed by atoms with Gasteiger partial charge in [0, 0.05) is 6.42 Å². The topological polar surface area (TPSA) is 74.2 Å². The lowest BCUT2D eigenvalue weighted by Crippen LogP contribution is -2.69. The third kappa shape index (κ3) is 10.7. The second-order valence-electron chi connectivity index (χ2n) is 22.9. The Balaban J connectivity index is 1.28. The van der Waals surface area contributed by atoms with Gasteiger partial charge in [-0.2, -0.15) is 0 Å². The van der Waals surface area contributed by atoms with Crippen molar-refractivity contribution in [3.63, 3.8) is 0 Å². The normalized spacial score (nSPS) is 24.1. The van der Waals surface area contributed by atoms with Gasteiger partial charge in [0.15, 0.2) is 0 Å². The van der Waals surface area contributed by atoms with Crippen molar-refractivity contribution in [2.75, 3.05) is 6.61 Å². The smallest absolute Gasteiger partial charge is 0.435 e. The van der Waals surface area contributed by atoms with Crippen molar-refractivity contribution in [1.82, 2.24) is 0 Å². The lowest BCUT2D eigenvalue weighted by molar-refractivity contribution is -0.0656. The van der Waals surface area contributed by atoms with Gasteiger partial charge in [-0.15, -0.1) is 0 Å². The van der Waals surface area contributed by atoms with Crippen LogP contribution in [-0.4, -0.2) is 58.4 Å². The third-order valence-electron chi connectivity index (χ3n) is 15.9. The molecule has 3 saturated carbocycles. The monoisotopic (exact) mass is 977 g/mol. The van der Waals surface area contributed by atoms with Crippen LogP contribution in [0.1, 0.15) is 114 Å². The van der Waals surface area contributed by atoms with Crippen LogP contribution in [0.4, 0.5) is 4.79 Å². The number of carbonyl (C=O) groups is 1. The molecule has 3 fully saturated rings. The second-order valence-corrected chi connectivity index (χ2v) is 31.4. The van der Waals surface area contributed by atoms with Crippen LogP contribution in [0.2, 0.25) is 10.1 Å². The number of aliphatic hydroxyl groups excluding tert-OH is 1.